The van der Waals surface area contributed by atoms with Crippen molar-refractivity contribution in [3.05, 3.63) is 136 Å². The van der Waals surface area contributed by atoms with Gasteiger partial charge in [-0.1, -0.05) is 35.3 Å². The summed E-state index contributed by atoms with van der Waals surface area (Å²) in [5.41, 5.74) is 10.3. The Labute approximate surface area is 333 Å². The molecule has 0 saturated carbocycles. The number of aryl methyl sites for hydroxylation is 4. The monoisotopic (exact) mass is 896 g/mol. The Hall–Kier alpha value is -5.42. The van der Waals surface area contributed by atoms with Crippen LogP contribution in [0.25, 0.3) is 34.1 Å². The molecule has 54 heavy (non-hydrogen) atoms. The molecule has 7 rings (SSSR count). The summed E-state index contributed by atoms with van der Waals surface area (Å²) in [6, 6.07) is 17.0. The van der Waals surface area contributed by atoms with Crippen LogP contribution in [0, 0.1) is 27.7 Å². The van der Waals surface area contributed by atoms with Crippen molar-refractivity contribution in [2.45, 2.75) is 27.7 Å². The third-order valence-electron chi connectivity index (χ3n) is 7.51. The van der Waals surface area contributed by atoms with E-state index in [9.17, 15) is 14.4 Å². The lowest BCUT2D eigenvalue weighted by Gasteiger charge is -2.08. The van der Waals surface area contributed by atoms with E-state index in [4.69, 9.17) is 43.6 Å². The Morgan fingerprint density at radius 2 is 1.33 bits per heavy atom. The van der Waals surface area contributed by atoms with E-state index in [0.29, 0.717) is 47.4 Å². The number of hydrogen-bond donors (Lipinski definition) is 3. The van der Waals surface area contributed by atoms with Gasteiger partial charge in [0, 0.05) is 30.2 Å². The van der Waals surface area contributed by atoms with Gasteiger partial charge in [0.25, 0.3) is 0 Å². The van der Waals surface area contributed by atoms with Gasteiger partial charge in [0.2, 0.25) is 5.89 Å². The first-order valence-electron chi connectivity index (χ1n) is 15.5. The smallest absolute Gasteiger partial charge is 0.354 e. The predicted molar refractivity (Wildman–Crippen MR) is 211 cm³/mol. The highest BCUT2D eigenvalue weighted by Crippen LogP contribution is 2.28. The fraction of sp³-hybridized carbons (Fsp3) is 0.111. The lowest BCUT2D eigenvalue weighted by Crippen LogP contribution is -2.09. The second-order valence-corrected chi connectivity index (χ2v) is 14.0. The zero-order valence-electron chi connectivity index (χ0n) is 28.7. The molecule has 276 valence electrons. The van der Waals surface area contributed by atoms with Gasteiger partial charge in [-0.05, 0) is 118 Å². The number of nitrogens with two attached hydrogens (primary N) is 1. The summed E-state index contributed by atoms with van der Waals surface area (Å²) in [4.78, 5) is 46.9. The maximum absolute atomic E-state index is 12.5. The molecule has 0 aliphatic carbocycles. The minimum Gasteiger partial charge on any atom is -0.478 e. The first-order valence-corrected chi connectivity index (χ1v) is 17.9. The van der Waals surface area contributed by atoms with Crippen LogP contribution >= 0.6 is 55.1 Å². The largest absolute Gasteiger partial charge is 0.478 e. The lowest BCUT2D eigenvalue weighted by atomic mass is 10.0. The molecule has 18 heteroatoms. The maximum Gasteiger partial charge on any atom is 0.354 e. The molecule has 0 saturated heterocycles. The molecular weight excluding hydrogens is 871 g/mol. The molecule has 5 heterocycles. The van der Waals surface area contributed by atoms with Crippen LogP contribution in [0.1, 0.15) is 43.1 Å². The Morgan fingerprint density at radius 1 is 0.778 bits per heavy atom. The predicted octanol–water partition coefficient (Wildman–Crippen LogP) is 8.43. The van der Waals surface area contributed by atoms with E-state index < -0.39 is 17.6 Å². The number of carboxylic acids is 2. The second-order valence-electron chi connectivity index (χ2n) is 11.6. The Balaban J connectivity index is 0.000000171. The van der Waals surface area contributed by atoms with Gasteiger partial charge in [0.1, 0.15) is 14.9 Å². The number of rotatable bonds is 5. The van der Waals surface area contributed by atoms with Crippen molar-refractivity contribution < 1.29 is 24.2 Å². The molecular formula is C36H28Br2Cl2N8O6. The van der Waals surface area contributed by atoms with Crippen LogP contribution in [0.2, 0.25) is 10.0 Å². The summed E-state index contributed by atoms with van der Waals surface area (Å²) in [5.74, 6) is -1.22. The highest BCUT2D eigenvalue weighted by Gasteiger charge is 2.20. The van der Waals surface area contributed by atoms with E-state index in [-0.39, 0.29) is 23.0 Å². The molecule has 0 unspecified atom stereocenters. The minimum absolute atomic E-state index is 0.00697. The molecule has 4 N–H and O–H groups in total. The molecule has 7 aromatic rings. The van der Waals surface area contributed by atoms with Gasteiger partial charge >= 0.3 is 17.6 Å². The van der Waals surface area contributed by atoms with Gasteiger partial charge in [0.15, 0.2) is 17.3 Å². The lowest BCUT2D eigenvalue weighted by molar-refractivity contribution is 0.0680. The van der Waals surface area contributed by atoms with Crippen molar-refractivity contribution in [2.75, 3.05) is 5.73 Å². The molecule has 0 amide bonds. The van der Waals surface area contributed by atoms with Crippen molar-refractivity contribution in [1.82, 2.24) is 34.5 Å². The van der Waals surface area contributed by atoms with Crippen LogP contribution in [-0.4, -0.2) is 56.7 Å². The standard InChI is InChI=1S/C18H12BrClN4O2.C9H5BrClN3O2.C9H11NO2/c1-9-6-10(2)15-11(7-9)18(25)26-17(22-15)13-8-14(19)23-24(13)16-12(20)4-3-5-21-16;10-7-4-6(9(15)16)14(13-7)8-5(11)2-1-3-12-8;1-5-3-6(2)8(10)7(4-5)9(11)12/h3-8H,1-2H3;1-4H,(H,15,16);3-4H,10H2,1-2H3,(H,11,12). The van der Waals surface area contributed by atoms with E-state index in [1.807, 2.05) is 32.9 Å². The molecule has 0 aliphatic heterocycles. The summed E-state index contributed by atoms with van der Waals surface area (Å²) in [5, 5.41) is 27.2. The van der Waals surface area contributed by atoms with E-state index in [2.05, 4.69) is 57.0 Å². The second kappa shape index (κ2) is 16.7. The van der Waals surface area contributed by atoms with Crippen LogP contribution < -0.4 is 11.4 Å². The van der Waals surface area contributed by atoms with Crippen LogP contribution in [0.4, 0.5) is 5.69 Å². The first kappa shape index (κ1) is 39.8. The summed E-state index contributed by atoms with van der Waals surface area (Å²) >= 11 is 18.6. The number of carbonyl (C=O) groups is 2. The normalized spacial score (nSPS) is 10.7. The maximum atomic E-state index is 12.5. The van der Waals surface area contributed by atoms with Gasteiger partial charge in [-0.3, -0.25) is 0 Å². The number of hydrogen-bond acceptors (Lipinski definition) is 10. The zero-order chi connectivity index (χ0) is 39.4. The average Bonchev–Trinajstić information content (AvgIpc) is 3.70. The summed E-state index contributed by atoms with van der Waals surface area (Å²) in [7, 11) is 0. The van der Waals surface area contributed by atoms with E-state index in [1.165, 1.54) is 21.6 Å². The van der Waals surface area contributed by atoms with Gasteiger partial charge in [-0.15, -0.1) is 0 Å². The molecule has 0 atom stereocenters. The number of pyridine rings is 2. The summed E-state index contributed by atoms with van der Waals surface area (Å²) < 4.78 is 9.10. The van der Waals surface area contributed by atoms with Crippen molar-refractivity contribution >= 4 is 83.6 Å². The SMILES string of the molecule is Cc1cc(C)c(N)c(C(=O)O)c1.Cc1cc(C)c2nc(-c3cc(Br)nn3-c3ncccc3Cl)oc(=O)c2c1.O=C(O)c1cc(Br)nn1-c1ncccc1Cl. The Kier molecular flexibility index (Phi) is 12.3. The van der Waals surface area contributed by atoms with Gasteiger partial charge in [0.05, 0.1) is 26.5 Å². The number of nitrogens with zero attached hydrogens (tertiary/aromatic N) is 7. The molecule has 0 bridgehead atoms. The number of anilines is 1. The first-order chi connectivity index (χ1) is 25.5. The van der Waals surface area contributed by atoms with E-state index >= 15 is 0 Å². The van der Waals surface area contributed by atoms with E-state index in [1.54, 1.807) is 55.6 Å². The molecule has 0 aliphatic rings. The summed E-state index contributed by atoms with van der Waals surface area (Å²) in [6.45, 7) is 7.48. The highest BCUT2D eigenvalue weighted by molar-refractivity contribution is 9.10. The van der Waals surface area contributed by atoms with Crippen molar-refractivity contribution in [3.63, 3.8) is 0 Å². The highest BCUT2D eigenvalue weighted by atomic mass is 79.9. The topological polar surface area (TPSA) is 205 Å². The van der Waals surface area contributed by atoms with Crippen molar-refractivity contribution in [3.8, 4) is 23.2 Å². The number of halogens is 4. The minimum atomic E-state index is -1.10. The fourth-order valence-corrected chi connectivity index (χ4v) is 6.35. The quantitative estimate of drug-likeness (QED) is 0.139. The molecule has 0 fully saturated rings. The zero-order valence-corrected chi connectivity index (χ0v) is 33.4. The van der Waals surface area contributed by atoms with Crippen molar-refractivity contribution in [1.29, 1.82) is 0 Å². The molecule has 5 aromatic heterocycles. The average molecular weight is 899 g/mol. The third-order valence-corrected chi connectivity index (χ3v) is 8.87. The fourth-order valence-electron chi connectivity index (χ4n) is 5.19. The van der Waals surface area contributed by atoms with Gasteiger partial charge in [-0.25, -0.2) is 38.7 Å². The van der Waals surface area contributed by atoms with Crippen LogP contribution in [-0.2, 0) is 0 Å². The molecule has 0 spiro atoms. The van der Waals surface area contributed by atoms with Gasteiger partial charge in [-0.2, -0.15) is 10.2 Å². The molecule has 2 aromatic carbocycles. The van der Waals surface area contributed by atoms with Crippen molar-refractivity contribution in [2.24, 2.45) is 0 Å². The molecule has 0 radical (unpaired) electrons. The number of carboxylic acid groups (broad SMARTS) is 2. The number of fused-ring (bicyclic) bond motifs is 1. The Bertz CT molecular complexity index is 2630. The molecule has 14 nitrogen and oxygen atoms in total. The number of aromatic nitrogens is 7. The van der Waals surface area contributed by atoms with E-state index in [0.717, 1.165) is 22.3 Å². The number of aromatic carboxylic acids is 2. The van der Waals surface area contributed by atoms with Crippen LogP contribution in [0.15, 0.2) is 91.5 Å². The summed E-state index contributed by atoms with van der Waals surface area (Å²) in [6.07, 6.45) is 3.12. The number of nitrogen functional groups attached to an aromatic ring is 1. The van der Waals surface area contributed by atoms with Gasteiger partial charge < -0.3 is 20.4 Å². The van der Waals surface area contributed by atoms with Crippen LogP contribution in [0.5, 0.6) is 0 Å². The number of benzene rings is 2. The Morgan fingerprint density at radius 3 is 1.93 bits per heavy atom. The third kappa shape index (κ3) is 8.85. The van der Waals surface area contributed by atoms with Crippen LogP contribution in [0.3, 0.4) is 0 Å².